The molecule has 4 nitrogen and oxygen atoms in total. The molecule has 0 spiro atoms. The van der Waals surface area contributed by atoms with E-state index >= 15 is 0 Å². The van der Waals surface area contributed by atoms with Crippen molar-refractivity contribution in [2.45, 2.75) is 13.0 Å². The Morgan fingerprint density at radius 3 is 2.71 bits per heavy atom. The maximum Gasteiger partial charge on any atom is 0.307 e. The number of carboxylic acids is 1. The van der Waals surface area contributed by atoms with Crippen LogP contribution in [0.3, 0.4) is 0 Å². The summed E-state index contributed by atoms with van der Waals surface area (Å²) in [6.45, 7) is 0.319. The van der Waals surface area contributed by atoms with Gasteiger partial charge < -0.3 is 15.6 Å². The van der Waals surface area contributed by atoms with E-state index in [0.717, 1.165) is 11.1 Å². The fourth-order valence-electron chi connectivity index (χ4n) is 1.25. The largest absolute Gasteiger partial charge is 0.497 e. The average molecular weight is 195 g/mol. The summed E-state index contributed by atoms with van der Waals surface area (Å²) in [4.78, 5) is 10.5. The van der Waals surface area contributed by atoms with Gasteiger partial charge >= 0.3 is 5.97 Å². The Morgan fingerprint density at radius 1 is 1.50 bits per heavy atom. The molecule has 0 aliphatic carbocycles. The number of methoxy groups -OCH3 is 1. The smallest absolute Gasteiger partial charge is 0.307 e. The van der Waals surface area contributed by atoms with Gasteiger partial charge in [0.25, 0.3) is 0 Å². The molecular formula is C10H13NO3. The van der Waals surface area contributed by atoms with Crippen LogP contribution in [0.4, 0.5) is 0 Å². The zero-order valence-corrected chi connectivity index (χ0v) is 7.99. The van der Waals surface area contributed by atoms with Crippen molar-refractivity contribution in [3.63, 3.8) is 0 Å². The fraction of sp³-hybridized carbons (Fsp3) is 0.300. The van der Waals surface area contributed by atoms with E-state index < -0.39 is 5.97 Å². The zero-order chi connectivity index (χ0) is 10.6. The summed E-state index contributed by atoms with van der Waals surface area (Å²) >= 11 is 0. The lowest BCUT2D eigenvalue weighted by Crippen LogP contribution is -2.07. The van der Waals surface area contributed by atoms with Crippen LogP contribution in [0.25, 0.3) is 0 Å². The van der Waals surface area contributed by atoms with Crippen LogP contribution < -0.4 is 10.5 Å². The molecule has 4 heteroatoms. The molecule has 1 aromatic carbocycles. The zero-order valence-electron chi connectivity index (χ0n) is 7.99. The van der Waals surface area contributed by atoms with Gasteiger partial charge in [-0.2, -0.15) is 0 Å². The highest BCUT2D eigenvalue weighted by Crippen LogP contribution is 2.17. The predicted octanol–water partition coefficient (Wildman–Crippen LogP) is 0.781. The first-order chi connectivity index (χ1) is 6.67. The number of nitrogens with two attached hydrogens (primary N) is 1. The molecule has 0 amide bonds. The van der Waals surface area contributed by atoms with E-state index in [-0.39, 0.29) is 6.42 Å². The van der Waals surface area contributed by atoms with Crippen LogP contribution in [-0.4, -0.2) is 18.2 Å². The summed E-state index contributed by atoms with van der Waals surface area (Å²) in [6.07, 6.45) is -0.00344. The molecule has 0 fully saturated rings. The van der Waals surface area contributed by atoms with Gasteiger partial charge in [0.1, 0.15) is 5.75 Å². The first kappa shape index (κ1) is 10.5. The normalized spacial score (nSPS) is 9.86. The molecule has 0 saturated carbocycles. The van der Waals surface area contributed by atoms with Gasteiger partial charge in [0.05, 0.1) is 13.5 Å². The number of hydrogen-bond acceptors (Lipinski definition) is 3. The van der Waals surface area contributed by atoms with Crippen LogP contribution in [-0.2, 0) is 17.8 Å². The third-order valence-corrected chi connectivity index (χ3v) is 1.98. The Hall–Kier alpha value is -1.55. The minimum absolute atomic E-state index is 0.00344. The van der Waals surface area contributed by atoms with Crippen LogP contribution in [0.1, 0.15) is 11.1 Å². The maximum absolute atomic E-state index is 10.5. The van der Waals surface area contributed by atoms with Gasteiger partial charge in [-0.25, -0.2) is 0 Å². The van der Waals surface area contributed by atoms with E-state index in [1.54, 1.807) is 25.3 Å². The van der Waals surface area contributed by atoms with Crippen LogP contribution >= 0.6 is 0 Å². The lowest BCUT2D eigenvalue weighted by Gasteiger charge is -2.07. The van der Waals surface area contributed by atoms with Gasteiger partial charge in [-0.15, -0.1) is 0 Å². The van der Waals surface area contributed by atoms with E-state index in [1.165, 1.54) is 0 Å². The Bertz CT molecular complexity index is 336. The Balaban J connectivity index is 2.98. The number of hydrogen-bond donors (Lipinski definition) is 2. The van der Waals surface area contributed by atoms with Crippen molar-refractivity contribution in [1.29, 1.82) is 0 Å². The molecular weight excluding hydrogens is 182 g/mol. The number of benzene rings is 1. The summed E-state index contributed by atoms with van der Waals surface area (Å²) in [5.74, 6) is -0.163. The Labute approximate surface area is 82.3 Å². The van der Waals surface area contributed by atoms with Crippen LogP contribution in [0.15, 0.2) is 18.2 Å². The molecule has 1 rings (SSSR count). The second kappa shape index (κ2) is 4.62. The molecule has 3 N–H and O–H groups in total. The third kappa shape index (κ3) is 2.47. The molecule has 14 heavy (non-hydrogen) atoms. The molecule has 0 radical (unpaired) electrons. The SMILES string of the molecule is COc1ccc(CC(=O)O)c(CN)c1. The monoisotopic (exact) mass is 195 g/mol. The van der Waals surface area contributed by atoms with E-state index in [1.807, 2.05) is 0 Å². The number of carboxylic acid groups (broad SMARTS) is 1. The minimum Gasteiger partial charge on any atom is -0.497 e. The molecule has 0 heterocycles. The van der Waals surface area contributed by atoms with Gasteiger partial charge in [-0.3, -0.25) is 4.79 Å². The van der Waals surface area contributed by atoms with Gasteiger partial charge in [0.2, 0.25) is 0 Å². The summed E-state index contributed by atoms with van der Waals surface area (Å²) in [7, 11) is 1.56. The fourth-order valence-corrected chi connectivity index (χ4v) is 1.25. The van der Waals surface area contributed by atoms with Gasteiger partial charge in [-0.05, 0) is 23.3 Å². The summed E-state index contributed by atoms with van der Waals surface area (Å²) in [5.41, 5.74) is 7.05. The topological polar surface area (TPSA) is 72.5 Å². The van der Waals surface area contributed by atoms with Gasteiger partial charge in [0.15, 0.2) is 0 Å². The highest BCUT2D eigenvalue weighted by atomic mass is 16.5. The molecule has 1 aromatic rings. The molecule has 0 atom stereocenters. The molecule has 0 aliphatic heterocycles. The number of ether oxygens (including phenoxy) is 1. The van der Waals surface area contributed by atoms with Crippen molar-refractivity contribution < 1.29 is 14.6 Å². The number of rotatable bonds is 4. The second-order valence-corrected chi connectivity index (χ2v) is 2.91. The molecule has 0 unspecified atom stereocenters. The highest BCUT2D eigenvalue weighted by molar-refractivity contribution is 5.70. The van der Waals surface area contributed by atoms with Crippen molar-refractivity contribution >= 4 is 5.97 Å². The van der Waals surface area contributed by atoms with Crippen molar-refractivity contribution in [2.75, 3.05) is 7.11 Å². The second-order valence-electron chi connectivity index (χ2n) is 2.91. The average Bonchev–Trinajstić information content (AvgIpc) is 2.17. The molecule has 0 aromatic heterocycles. The molecule has 76 valence electrons. The first-order valence-electron chi connectivity index (χ1n) is 4.25. The Kier molecular flexibility index (Phi) is 3.48. The lowest BCUT2D eigenvalue weighted by molar-refractivity contribution is -0.136. The number of aliphatic carboxylic acids is 1. The predicted molar refractivity (Wildman–Crippen MR) is 52.2 cm³/mol. The standard InChI is InChI=1S/C10H13NO3/c1-14-9-3-2-7(5-10(12)13)8(4-9)6-11/h2-4H,5-6,11H2,1H3,(H,12,13). The Morgan fingerprint density at radius 2 is 2.21 bits per heavy atom. The van der Waals surface area contributed by atoms with Crippen molar-refractivity contribution in [3.05, 3.63) is 29.3 Å². The quantitative estimate of drug-likeness (QED) is 0.744. The van der Waals surface area contributed by atoms with Crippen molar-refractivity contribution in [2.24, 2.45) is 5.73 Å². The van der Waals surface area contributed by atoms with Crippen LogP contribution in [0, 0.1) is 0 Å². The third-order valence-electron chi connectivity index (χ3n) is 1.98. The van der Waals surface area contributed by atoms with Gasteiger partial charge in [0, 0.05) is 6.54 Å². The molecule has 0 bridgehead atoms. The van der Waals surface area contributed by atoms with Crippen LogP contribution in [0.2, 0.25) is 0 Å². The summed E-state index contributed by atoms with van der Waals surface area (Å²) in [6, 6.07) is 5.23. The minimum atomic E-state index is -0.857. The summed E-state index contributed by atoms with van der Waals surface area (Å²) in [5, 5.41) is 8.64. The van der Waals surface area contributed by atoms with Crippen molar-refractivity contribution in [3.8, 4) is 5.75 Å². The van der Waals surface area contributed by atoms with E-state index in [0.29, 0.717) is 12.3 Å². The molecule has 0 aliphatic rings. The lowest BCUT2D eigenvalue weighted by atomic mass is 10.0. The maximum atomic E-state index is 10.5. The van der Waals surface area contributed by atoms with Gasteiger partial charge in [-0.1, -0.05) is 6.07 Å². The first-order valence-corrected chi connectivity index (χ1v) is 4.25. The molecule has 0 saturated heterocycles. The van der Waals surface area contributed by atoms with E-state index in [9.17, 15) is 4.79 Å². The summed E-state index contributed by atoms with van der Waals surface area (Å²) < 4.78 is 5.01. The van der Waals surface area contributed by atoms with Crippen LogP contribution in [0.5, 0.6) is 5.75 Å². The van der Waals surface area contributed by atoms with E-state index in [4.69, 9.17) is 15.6 Å². The number of carbonyl (C=O) groups is 1. The van der Waals surface area contributed by atoms with E-state index in [2.05, 4.69) is 0 Å². The highest BCUT2D eigenvalue weighted by Gasteiger charge is 2.06. The van der Waals surface area contributed by atoms with Crippen molar-refractivity contribution in [1.82, 2.24) is 0 Å².